The van der Waals surface area contributed by atoms with Crippen LogP contribution >= 0.6 is 11.8 Å². The Morgan fingerprint density at radius 3 is 2.61 bits per heavy atom. The highest BCUT2D eigenvalue weighted by Crippen LogP contribution is 2.21. The van der Waals surface area contributed by atoms with Gasteiger partial charge in [-0.05, 0) is 43.3 Å². The van der Waals surface area contributed by atoms with Crippen LogP contribution in [0.25, 0.3) is 0 Å². The third-order valence-corrected chi connectivity index (χ3v) is 5.43. The second-order valence-corrected chi connectivity index (χ2v) is 7.81. The maximum absolute atomic E-state index is 12.4. The highest BCUT2D eigenvalue weighted by Gasteiger charge is 2.16. The zero-order chi connectivity index (χ0) is 21.5. The van der Waals surface area contributed by atoms with Gasteiger partial charge in [-0.15, -0.1) is 10.2 Å². The standard InChI is InChI=1S/C23H22N4O3S/c1-17-9-11-18(12-10-17)24-22(28)16-31-23-26-25-21(15-30-19-6-3-2-4-7-19)27(23)14-20-8-5-13-29-20/h2-13H,14-16H2,1H3,(H,24,28). The van der Waals surface area contributed by atoms with Crippen LogP contribution in [0, 0.1) is 6.92 Å². The lowest BCUT2D eigenvalue weighted by atomic mass is 10.2. The molecule has 0 atom stereocenters. The number of rotatable bonds is 9. The van der Waals surface area contributed by atoms with E-state index in [1.165, 1.54) is 11.8 Å². The highest BCUT2D eigenvalue weighted by molar-refractivity contribution is 7.99. The smallest absolute Gasteiger partial charge is 0.234 e. The van der Waals surface area contributed by atoms with Gasteiger partial charge in [0.05, 0.1) is 18.6 Å². The Balaban J connectivity index is 1.43. The molecule has 0 aliphatic carbocycles. The molecule has 0 aliphatic heterocycles. The lowest BCUT2D eigenvalue weighted by Gasteiger charge is -2.10. The van der Waals surface area contributed by atoms with E-state index in [2.05, 4.69) is 15.5 Å². The van der Waals surface area contributed by atoms with Crippen LogP contribution in [-0.4, -0.2) is 26.4 Å². The van der Waals surface area contributed by atoms with Crippen molar-refractivity contribution >= 4 is 23.4 Å². The zero-order valence-corrected chi connectivity index (χ0v) is 17.8. The third-order valence-electron chi connectivity index (χ3n) is 4.47. The molecule has 0 aliphatic rings. The molecule has 0 spiro atoms. The van der Waals surface area contributed by atoms with E-state index in [9.17, 15) is 4.79 Å². The van der Waals surface area contributed by atoms with E-state index in [4.69, 9.17) is 9.15 Å². The van der Waals surface area contributed by atoms with Crippen LogP contribution < -0.4 is 10.1 Å². The number of para-hydroxylation sites is 1. The predicted molar refractivity (Wildman–Crippen MR) is 119 cm³/mol. The van der Waals surface area contributed by atoms with Gasteiger partial charge in [0.15, 0.2) is 11.0 Å². The largest absolute Gasteiger partial charge is 0.486 e. The number of amides is 1. The molecule has 2 heterocycles. The van der Waals surface area contributed by atoms with Crippen molar-refractivity contribution in [3.8, 4) is 5.75 Å². The minimum absolute atomic E-state index is 0.108. The first-order chi connectivity index (χ1) is 15.2. The number of furan rings is 1. The number of benzene rings is 2. The van der Waals surface area contributed by atoms with E-state index < -0.39 is 0 Å². The maximum Gasteiger partial charge on any atom is 0.234 e. The first-order valence-corrected chi connectivity index (χ1v) is 10.8. The number of hydrogen-bond donors (Lipinski definition) is 1. The van der Waals surface area contributed by atoms with Crippen molar-refractivity contribution in [2.24, 2.45) is 0 Å². The van der Waals surface area contributed by atoms with Gasteiger partial charge in [0.2, 0.25) is 5.91 Å². The molecule has 0 fully saturated rings. The Bertz CT molecular complexity index is 1110. The molecular formula is C23H22N4O3S. The monoisotopic (exact) mass is 434 g/mol. The van der Waals surface area contributed by atoms with Crippen LogP contribution in [-0.2, 0) is 17.9 Å². The summed E-state index contributed by atoms with van der Waals surface area (Å²) in [6, 6.07) is 20.9. The number of anilines is 1. The van der Waals surface area contributed by atoms with Gasteiger partial charge in [-0.3, -0.25) is 9.36 Å². The highest BCUT2D eigenvalue weighted by atomic mass is 32.2. The Hall–Kier alpha value is -3.52. The van der Waals surface area contributed by atoms with Crippen molar-refractivity contribution in [2.75, 3.05) is 11.1 Å². The zero-order valence-electron chi connectivity index (χ0n) is 17.0. The molecule has 158 valence electrons. The average molecular weight is 435 g/mol. The van der Waals surface area contributed by atoms with E-state index >= 15 is 0 Å². The summed E-state index contributed by atoms with van der Waals surface area (Å²) < 4.78 is 13.2. The van der Waals surface area contributed by atoms with Crippen LogP contribution in [0.2, 0.25) is 0 Å². The minimum Gasteiger partial charge on any atom is -0.486 e. The summed E-state index contributed by atoms with van der Waals surface area (Å²) in [7, 11) is 0. The van der Waals surface area contributed by atoms with Crippen molar-refractivity contribution < 1.29 is 13.9 Å². The molecular weight excluding hydrogens is 412 g/mol. The van der Waals surface area contributed by atoms with Crippen LogP contribution in [0.4, 0.5) is 5.69 Å². The average Bonchev–Trinajstić information content (AvgIpc) is 3.44. The van der Waals surface area contributed by atoms with Crippen LogP contribution in [0.3, 0.4) is 0 Å². The molecule has 8 heteroatoms. The predicted octanol–water partition coefficient (Wildman–Crippen LogP) is 4.54. The number of aryl methyl sites for hydroxylation is 1. The molecule has 0 radical (unpaired) electrons. The minimum atomic E-state index is -0.108. The van der Waals surface area contributed by atoms with E-state index in [-0.39, 0.29) is 18.3 Å². The summed E-state index contributed by atoms with van der Waals surface area (Å²) >= 11 is 1.32. The SMILES string of the molecule is Cc1ccc(NC(=O)CSc2nnc(COc3ccccc3)n2Cc2ccco2)cc1. The second kappa shape index (κ2) is 9.99. The fourth-order valence-corrected chi connectivity index (χ4v) is 3.64. The van der Waals surface area contributed by atoms with Crippen molar-refractivity contribution in [3.05, 3.63) is 90.1 Å². The first kappa shape index (κ1) is 20.7. The quantitative estimate of drug-likeness (QED) is 0.390. The van der Waals surface area contributed by atoms with Crippen molar-refractivity contribution in [2.45, 2.75) is 25.2 Å². The Kier molecular flexibility index (Phi) is 6.68. The van der Waals surface area contributed by atoms with Crippen LogP contribution in [0.15, 0.2) is 82.6 Å². The maximum atomic E-state index is 12.4. The summed E-state index contributed by atoms with van der Waals surface area (Å²) in [5, 5.41) is 12.1. The summed E-state index contributed by atoms with van der Waals surface area (Å²) in [4.78, 5) is 12.4. The summed E-state index contributed by atoms with van der Waals surface area (Å²) in [5.74, 6) is 2.28. The Labute approximate surface area is 184 Å². The molecule has 7 nitrogen and oxygen atoms in total. The van der Waals surface area contributed by atoms with Gasteiger partial charge < -0.3 is 14.5 Å². The molecule has 0 saturated carbocycles. The number of thioether (sulfide) groups is 1. The van der Waals surface area contributed by atoms with Crippen molar-refractivity contribution in [1.82, 2.24) is 14.8 Å². The number of carbonyl (C=O) groups excluding carboxylic acids is 1. The second-order valence-electron chi connectivity index (χ2n) is 6.87. The number of nitrogens with one attached hydrogen (secondary N) is 1. The number of nitrogens with zero attached hydrogens (tertiary/aromatic N) is 3. The lowest BCUT2D eigenvalue weighted by Crippen LogP contribution is -2.15. The number of ether oxygens (including phenoxy) is 1. The van der Waals surface area contributed by atoms with Crippen molar-refractivity contribution in [3.63, 3.8) is 0 Å². The topological polar surface area (TPSA) is 82.2 Å². The Morgan fingerprint density at radius 1 is 1.06 bits per heavy atom. The van der Waals surface area contributed by atoms with Gasteiger partial charge in [-0.1, -0.05) is 47.7 Å². The van der Waals surface area contributed by atoms with E-state index in [1.807, 2.05) is 78.2 Å². The number of aromatic nitrogens is 3. The number of hydrogen-bond acceptors (Lipinski definition) is 6. The van der Waals surface area contributed by atoms with E-state index in [0.717, 1.165) is 22.8 Å². The normalized spacial score (nSPS) is 10.7. The molecule has 1 amide bonds. The molecule has 31 heavy (non-hydrogen) atoms. The fraction of sp³-hybridized carbons (Fsp3) is 0.174. The Morgan fingerprint density at radius 2 is 1.87 bits per heavy atom. The molecule has 0 saturated heterocycles. The van der Waals surface area contributed by atoms with Gasteiger partial charge in [0.25, 0.3) is 0 Å². The van der Waals surface area contributed by atoms with Gasteiger partial charge >= 0.3 is 0 Å². The molecule has 2 aromatic carbocycles. The van der Waals surface area contributed by atoms with Gasteiger partial charge in [0, 0.05) is 5.69 Å². The summed E-state index contributed by atoms with van der Waals surface area (Å²) in [6.07, 6.45) is 1.63. The lowest BCUT2D eigenvalue weighted by molar-refractivity contribution is -0.113. The summed E-state index contributed by atoms with van der Waals surface area (Å²) in [6.45, 7) is 2.72. The fourth-order valence-electron chi connectivity index (χ4n) is 2.88. The molecule has 1 N–H and O–H groups in total. The summed E-state index contributed by atoms with van der Waals surface area (Å²) in [5.41, 5.74) is 1.91. The van der Waals surface area contributed by atoms with Gasteiger partial charge in [-0.2, -0.15) is 0 Å². The van der Waals surface area contributed by atoms with Crippen LogP contribution in [0.1, 0.15) is 17.1 Å². The van der Waals surface area contributed by atoms with Crippen LogP contribution in [0.5, 0.6) is 5.75 Å². The van der Waals surface area contributed by atoms with E-state index in [1.54, 1.807) is 6.26 Å². The molecule has 4 aromatic rings. The van der Waals surface area contributed by atoms with Crippen molar-refractivity contribution in [1.29, 1.82) is 0 Å². The van der Waals surface area contributed by atoms with Gasteiger partial charge in [0.1, 0.15) is 18.1 Å². The van der Waals surface area contributed by atoms with Gasteiger partial charge in [-0.25, -0.2) is 0 Å². The molecule has 0 bridgehead atoms. The number of carbonyl (C=O) groups is 1. The first-order valence-electron chi connectivity index (χ1n) is 9.79. The molecule has 4 rings (SSSR count). The third kappa shape index (κ3) is 5.76. The molecule has 0 unspecified atom stereocenters. The van der Waals surface area contributed by atoms with E-state index in [0.29, 0.717) is 17.5 Å². The molecule has 2 aromatic heterocycles.